The lowest BCUT2D eigenvalue weighted by Gasteiger charge is -2.54. The Bertz CT molecular complexity index is 796. The Hall–Kier alpha value is -1.59. The Kier molecular flexibility index (Phi) is 4.40. The number of aromatic nitrogens is 1. The number of quaternary nitrogens is 1. The molecule has 0 saturated heterocycles. The summed E-state index contributed by atoms with van der Waals surface area (Å²) in [4.78, 5) is 4.92. The predicted octanol–water partition coefficient (Wildman–Crippen LogP) is 3.86. The van der Waals surface area contributed by atoms with Crippen molar-refractivity contribution in [2.24, 2.45) is 17.8 Å². The van der Waals surface area contributed by atoms with Crippen molar-refractivity contribution in [2.75, 3.05) is 14.2 Å². The number of nitrogens with zero attached hydrogens (tertiary/aromatic N) is 1. The van der Waals surface area contributed by atoms with Crippen LogP contribution in [0.2, 0.25) is 0 Å². The van der Waals surface area contributed by atoms with Crippen LogP contribution in [0.3, 0.4) is 0 Å². The third-order valence-corrected chi connectivity index (χ3v) is 7.95. The average molecular weight is 386 g/mol. The molecule has 0 radical (unpaired) electrons. The van der Waals surface area contributed by atoms with Gasteiger partial charge in [0.05, 0.1) is 19.8 Å². The van der Waals surface area contributed by atoms with Gasteiger partial charge in [-0.3, -0.25) is 0 Å². The van der Waals surface area contributed by atoms with Crippen molar-refractivity contribution in [1.29, 1.82) is 0 Å². The van der Waals surface area contributed by atoms with E-state index in [1.807, 2.05) is 12.1 Å². The highest BCUT2D eigenvalue weighted by atomic mass is 32.1. The highest BCUT2D eigenvalue weighted by Crippen LogP contribution is 2.54. The normalized spacial score (nSPS) is 31.3. The van der Waals surface area contributed by atoms with E-state index < -0.39 is 0 Å². The maximum absolute atomic E-state index is 5.44. The van der Waals surface area contributed by atoms with Crippen LogP contribution in [0.1, 0.15) is 44.2 Å². The van der Waals surface area contributed by atoms with Crippen molar-refractivity contribution >= 4 is 11.3 Å². The molecule has 0 unspecified atom stereocenters. The number of thiazole rings is 1. The van der Waals surface area contributed by atoms with Crippen LogP contribution in [0.25, 0.3) is 10.6 Å². The van der Waals surface area contributed by atoms with Gasteiger partial charge in [-0.05, 0) is 55.2 Å². The summed E-state index contributed by atoms with van der Waals surface area (Å²) in [6.07, 6.45) is 8.83. The number of benzene rings is 1. The van der Waals surface area contributed by atoms with Gasteiger partial charge in [0, 0.05) is 30.2 Å². The molecule has 1 aromatic carbocycles. The maximum atomic E-state index is 5.44. The summed E-state index contributed by atoms with van der Waals surface area (Å²) in [6, 6.07) is 6.04. The quantitative estimate of drug-likeness (QED) is 0.821. The smallest absolute Gasteiger partial charge is 0.161 e. The zero-order chi connectivity index (χ0) is 18.4. The van der Waals surface area contributed by atoms with Crippen molar-refractivity contribution in [3.05, 3.63) is 29.3 Å². The van der Waals surface area contributed by atoms with Crippen LogP contribution in [0.5, 0.6) is 11.5 Å². The molecule has 4 fully saturated rings. The molecule has 4 bridgehead atoms. The van der Waals surface area contributed by atoms with E-state index in [1.54, 1.807) is 25.6 Å². The fourth-order valence-electron chi connectivity index (χ4n) is 6.25. The van der Waals surface area contributed by atoms with Crippen LogP contribution in [0, 0.1) is 17.8 Å². The van der Waals surface area contributed by atoms with E-state index >= 15 is 0 Å². The van der Waals surface area contributed by atoms with Gasteiger partial charge in [-0.25, -0.2) is 4.98 Å². The Morgan fingerprint density at radius 1 is 1.04 bits per heavy atom. The zero-order valence-corrected chi connectivity index (χ0v) is 17.1. The van der Waals surface area contributed by atoms with Crippen LogP contribution in [-0.4, -0.2) is 24.7 Å². The van der Waals surface area contributed by atoms with Crippen molar-refractivity contribution < 1.29 is 14.8 Å². The minimum absolute atomic E-state index is 0.516. The first-order chi connectivity index (χ1) is 13.2. The van der Waals surface area contributed by atoms with Crippen LogP contribution >= 0.6 is 11.3 Å². The molecule has 4 nitrogen and oxygen atoms in total. The monoisotopic (exact) mass is 385 g/mol. The van der Waals surface area contributed by atoms with Crippen molar-refractivity contribution in [1.82, 2.24) is 4.98 Å². The van der Waals surface area contributed by atoms with E-state index in [4.69, 9.17) is 14.5 Å². The van der Waals surface area contributed by atoms with Gasteiger partial charge in [-0.1, -0.05) is 0 Å². The lowest BCUT2D eigenvalue weighted by atomic mass is 9.53. The minimum Gasteiger partial charge on any atom is -0.493 e. The average Bonchev–Trinajstić information content (AvgIpc) is 3.14. The molecule has 0 amide bonds. The molecular weight excluding hydrogens is 356 g/mol. The standard InChI is InChI=1S/C22H28N2O2S/c1-25-19-4-3-17(8-20(19)26-2)21-24-18(13-27-21)12-23-22-9-14-5-15(10-22)7-16(6-14)11-22/h3-4,8,13-16,23H,5-7,9-12H2,1-2H3/p+1. The molecule has 4 aliphatic rings. The minimum atomic E-state index is 0.516. The lowest BCUT2D eigenvalue weighted by molar-refractivity contribution is -0.753. The van der Waals surface area contributed by atoms with Gasteiger partial charge in [0.25, 0.3) is 0 Å². The van der Waals surface area contributed by atoms with E-state index in [2.05, 4.69) is 16.8 Å². The molecule has 0 spiro atoms. The van der Waals surface area contributed by atoms with E-state index in [-0.39, 0.29) is 0 Å². The fraction of sp³-hybridized carbons (Fsp3) is 0.591. The molecule has 2 N–H and O–H groups in total. The summed E-state index contributed by atoms with van der Waals surface area (Å²) in [5.74, 6) is 4.53. The number of hydrogen-bond donors (Lipinski definition) is 1. The molecule has 27 heavy (non-hydrogen) atoms. The van der Waals surface area contributed by atoms with Gasteiger partial charge in [0.15, 0.2) is 11.5 Å². The zero-order valence-electron chi connectivity index (χ0n) is 16.2. The molecule has 0 atom stereocenters. The van der Waals surface area contributed by atoms with E-state index in [0.29, 0.717) is 5.54 Å². The fourth-order valence-corrected chi connectivity index (χ4v) is 7.08. The molecule has 1 heterocycles. The summed E-state index contributed by atoms with van der Waals surface area (Å²) in [6.45, 7) is 1.01. The summed E-state index contributed by atoms with van der Waals surface area (Å²) in [7, 11) is 3.34. The summed E-state index contributed by atoms with van der Waals surface area (Å²) in [5.41, 5.74) is 2.82. The SMILES string of the molecule is COc1ccc(-c2nc(C[NH2+]C34CC5CC(CC(C5)C3)C4)cs2)cc1OC. The Labute approximate surface area is 165 Å². The van der Waals surface area contributed by atoms with E-state index in [0.717, 1.165) is 46.4 Å². The highest BCUT2D eigenvalue weighted by molar-refractivity contribution is 7.13. The molecule has 5 heteroatoms. The topological polar surface area (TPSA) is 48.0 Å². The third kappa shape index (κ3) is 3.25. The second-order valence-corrected chi connectivity index (χ2v) is 9.76. The van der Waals surface area contributed by atoms with Crippen molar-refractivity contribution in [3.8, 4) is 22.1 Å². The number of hydrogen-bond acceptors (Lipinski definition) is 4. The van der Waals surface area contributed by atoms with Crippen LogP contribution in [0.4, 0.5) is 0 Å². The van der Waals surface area contributed by atoms with Crippen LogP contribution < -0.4 is 14.8 Å². The van der Waals surface area contributed by atoms with Crippen LogP contribution in [-0.2, 0) is 6.54 Å². The number of ether oxygens (including phenoxy) is 2. The number of rotatable bonds is 6. The Balaban J connectivity index is 1.29. The number of nitrogens with two attached hydrogens (primary N) is 1. The van der Waals surface area contributed by atoms with Gasteiger partial charge in [0.1, 0.15) is 17.2 Å². The summed E-state index contributed by atoms with van der Waals surface area (Å²) < 4.78 is 10.8. The van der Waals surface area contributed by atoms with Crippen LogP contribution in [0.15, 0.2) is 23.6 Å². The van der Waals surface area contributed by atoms with Crippen molar-refractivity contribution in [2.45, 2.75) is 50.6 Å². The Morgan fingerprint density at radius 3 is 2.33 bits per heavy atom. The molecule has 2 aromatic rings. The Morgan fingerprint density at radius 2 is 1.70 bits per heavy atom. The molecule has 144 valence electrons. The molecule has 6 rings (SSSR count). The van der Waals surface area contributed by atoms with Gasteiger partial charge < -0.3 is 14.8 Å². The molecule has 4 aliphatic carbocycles. The van der Waals surface area contributed by atoms with E-state index in [9.17, 15) is 0 Å². The highest BCUT2D eigenvalue weighted by Gasteiger charge is 2.53. The van der Waals surface area contributed by atoms with Crippen molar-refractivity contribution in [3.63, 3.8) is 0 Å². The van der Waals surface area contributed by atoms with Gasteiger partial charge in [-0.15, -0.1) is 11.3 Å². The second-order valence-electron chi connectivity index (χ2n) is 8.90. The summed E-state index contributed by atoms with van der Waals surface area (Å²) >= 11 is 1.72. The first-order valence-corrected chi connectivity index (χ1v) is 11.1. The molecule has 1 aromatic heterocycles. The van der Waals surface area contributed by atoms with Gasteiger partial charge in [-0.2, -0.15) is 0 Å². The third-order valence-electron chi connectivity index (χ3n) is 7.01. The lowest BCUT2D eigenvalue weighted by Crippen LogP contribution is -2.97. The van der Waals surface area contributed by atoms with Gasteiger partial charge >= 0.3 is 0 Å². The predicted molar refractivity (Wildman–Crippen MR) is 107 cm³/mol. The maximum Gasteiger partial charge on any atom is 0.161 e. The first kappa shape index (κ1) is 17.5. The largest absolute Gasteiger partial charge is 0.493 e. The molecule has 4 saturated carbocycles. The second kappa shape index (κ2) is 6.78. The van der Waals surface area contributed by atoms with Gasteiger partial charge in [0.2, 0.25) is 0 Å². The number of methoxy groups -OCH3 is 2. The molecule has 0 aliphatic heterocycles. The summed E-state index contributed by atoms with van der Waals surface area (Å²) in [5, 5.41) is 5.93. The van der Waals surface area contributed by atoms with E-state index in [1.165, 1.54) is 44.2 Å². The first-order valence-electron chi connectivity index (χ1n) is 10.2. The molecular formula is C22H29N2O2S+.